The molecule has 86 valence electrons. The van der Waals surface area contributed by atoms with Crippen LogP contribution in [0.1, 0.15) is 18.9 Å². The van der Waals surface area contributed by atoms with Crippen molar-refractivity contribution in [3.8, 4) is 0 Å². The highest BCUT2D eigenvalue weighted by Crippen LogP contribution is 2.15. The lowest BCUT2D eigenvalue weighted by atomic mass is 10.1. The fourth-order valence-electron chi connectivity index (χ4n) is 2.01. The highest BCUT2D eigenvalue weighted by Gasteiger charge is 2.11. The molecule has 1 heterocycles. The van der Waals surface area contributed by atoms with Crippen molar-refractivity contribution in [1.29, 1.82) is 0 Å². The predicted molar refractivity (Wildman–Crippen MR) is 67.1 cm³/mol. The number of hydrogen-bond acceptors (Lipinski definition) is 2. The van der Waals surface area contributed by atoms with Crippen LogP contribution in [0.4, 0.5) is 0 Å². The van der Waals surface area contributed by atoms with Gasteiger partial charge in [0.2, 0.25) is 0 Å². The zero-order chi connectivity index (χ0) is 11.2. The molecule has 0 radical (unpaired) electrons. The van der Waals surface area contributed by atoms with E-state index in [1.165, 1.54) is 11.3 Å². The Morgan fingerprint density at radius 3 is 2.56 bits per heavy atom. The van der Waals surface area contributed by atoms with E-state index < -0.39 is 0 Å². The first-order chi connectivity index (χ1) is 7.90. The molecule has 1 fully saturated rings. The molecule has 1 aliphatic rings. The molecular formula is C14H19NO. The third kappa shape index (κ3) is 2.86. The lowest BCUT2D eigenvalue weighted by Gasteiger charge is -2.30. The van der Waals surface area contributed by atoms with Crippen LogP contribution in [0.25, 0.3) is 6.08 Å². The van der Waals surface area contributed by atoms with Gasteiger partial charge in [0.1, 0.15) is 0 Å². The third-order valence-electron chi connectivity index (χ3n) is 2.91. The van der Waals surface area contributed by atoms with E-state index in [9.17, 15) is 0 Å². The number of morpholine rings is 1. The van der Waals surface area contributed by atoms with E-state index in [2.05, 4.69) is 48.2 Å². The summed E-state index contributed by atoms with van der Waals surface area (Å²) >= 11 is 0. The first-order valence-corrected chi connectivity index (χ1v) is 5.98. The van der Waals surface area contributed by atoms with Gasteiger partial charge in [0.05, 0.1) is 13.2 Å². The Hall–Kier alpha value is -1.28. The molecule has 1 saturated heterocycles. The summed E-state index contributed by atoms with van der Waals surface area (Å²) in [5.41, 5.74) is 2.69. The van der Waals surface area contributed by atoms with Gasteiger partial charge in [-0.05, 0) is 18.1 Å². The molecule has 2 rings (SSSR count). The van der Waals surface area contributed by atoms with Crippen molar-refractivity contribution in [3.63, 3.8) is 0 Å². The maximum Gasteiger partial charge on any atom is 0.0642 e. The standard InChI is InChI=1S/C14H19NO/c1-2-14(15-8-10-16-11-9-15)12-13-6-4-3-5-7-13/h3-7,12H,2,8-11H2,1H3/b14-12+. The number of benzene rings is 1. The van der Waals surface area contributed by atoms with Gasteiger partial charge >= 0.3 is 0 Å². The fraction of sp³-hybridized carbons (Fsp3) is 0.429. The molecule has 0 atom stereocenters. The summed E-state index contributed by atoms with van der Waals surface area (Å²) in [7, 11) is 0. The average molecular weight is 217 g/mol. The van der Waals surface area contributed by atoms with Gasteiger partial charge in [-0.25, -0.2) is 0 Å². The van der Waals surface area contributed by atoms with Crippen molar-refractivity contribution in [2.45, 2.75) is 13.3 Å². The lowest BCUT2D eigenvalue weighted by Crippen LogP contribution is -2.35. The number of rotatable bonds is 3. The molecule has 0 aromatic heterocycles. The van der Waals surface area contributed by atoms with Gasteiger partial charge < -0.3 is 9.64 Å². The Balaban J connectivity index is 2.12. The SMILES string of the molecule is CC/C(=C\c1ccccc1)N1CCOCC1. The Labute approximate surface area is 97.5 Å². The van der Waals surface area contributed by atoms with Gasteiger partial charge in [-0.3, -0.25) is 0 Å². The topological polar surface area (TPSA) is 12.5 Å². The largest absolute Gasteiger partial charge is 0.378 e. The molecule has 0 unspecified atom stereocenters. The molecule has 1 aromatic rings. The van der Waals surface area contributed by atoms with Gasteiger partial charge in [-0.15, -0.1) is 0 Å². The smallest absolute Gasteiger partial charge is 0.0642 e. The van der Waals surface area contributed by atoms with Crippen molar-refractivity contribution in [2.24, 2.45) is 0 Å². The second-order valence-electron chi connectivity index (χ2n) is 4.00. The van der Waals surface area contributed by atoms with Gasteiger partial charge in [0.15, 0.2) is 0 Å². The van der Waals surface area contributed by atoms with Crippen LogP contribution in [0.15, 0.2) is 36.0 Å². The molecule has 0 saturated carbocycles. The summed E-state index contributed by atoms with van der Waals surface area (Å²) in [5, 5.41) is 0. The van der Waals surface area contributed by atoms with Crippen LogP contribution in [0.5, 0.6) is 0 Å². The van der Waals surface area contributed by atoms with Crippen molar-refractivity contribution < 1.29 is 4.74 Å². The van der Waals surface area contributed by atoms with Crippen molar-refractivity contribution in [3.05, 3.63) is 41.6 Å². The van der Waals surface area contributed by atoms with E-state index in [1.807, 2.05) is 0 Å². The second kappa shape index (κ2) is 5.71. The number of allylic oxidation sites excluding steroid dienone is 1. The van der Waals surface area contributed by atoms with Gasteiger partial charge in [0, 0.05) is 18.8 Å². The quantitative estimate of drug-likeness (QED) is 0.772. The lowest BCUT2D eigenvalue weighted by molar-refractivity contribution is 0.0529. The average Bonchev–Trinajstić information content (AvgIpc) is 2.38. The summed E-state index contributed by atoms with van der Waals surface area (Å²) < 4.78 is 5.38. The van der Waals surface area contributed by atoms with Crippen molar-refractivity contribution >= 4 is 6.08 Å². The van der Waals surface area contributed by atoms with Gasteiger partial charge in [-0.2, -0.15) is 0 Å². The monoisotopic (exact) mass is 217 g/mol. The van der Waals surface area contributed by atoms with Gasteiger partial charge in [-0.1, -0.05) is 37.3 Å². The van der Waals surface area contributed by atoms with Gasteiger partial charge in [0.25, 0.3) is 0 Å². The molecule has 0 spiro atoms. The molecule has 1 aromatic carbocycles. The fourth-order valence-corrected chi connectivity index (χ4v) is 2.01. The summed E-state index contributed by atoms with van der Waals surface area (Å²) in [5.74, 6) is 0. The minimum Gasteiger partial charge on any atom is -0.378 e. The van der Waals surface area contributed by atoms with E-state index in [0.29, 0.717) is 0 Å². The van der Waals surface area contributed by atoms with Crippen LogP contribution in [0.2, 0.25) is 0 Å². The molecule has 0 N–H and O–H groups in total. The Morgan fingerprint density at radius 1 is 1.25 bits per heavy atom. The third-order valence-corrected chi connectivity index (χ3v) is 2.91. The van der Waals surface area contributed by atoms with E-state index >= 15 is 0 Å². The van der Waals surface area contributed by atoms with E-state index in [4.69, 9.17) is 4.74 Å². The normalized spacial score (nSPS) is 17.6. The highest BCUT2D eigenvalue weighted by atomic mass is 16.5. The molecule has 1 aliphatic heterocycles. The maximum absolute atomic E-state index is 5.38. The van der Waals surface area contributed by atoms with Crippen LogP contribution < -0.4 is 0 Å². The summed E-state index contributed by atoms with van der Waals surface area (Å²) in [4.78, 5) is 2.43. The van der Waals surface area contributed by atoms with Crippen LogP contribution >= 0.6 is 0 Å². The molecular weight excluding hydrogens is 198 g/mol. The number of hydrogen-bond donors (Lipinski definition) is 0. The summed E-state index contributed by atoms with van der Waals surface area (Å²) in [6.45, 7) is 5.96. The van der Waals surface area contributed by atoms with Crippen LogP contribution in [-0.2, 0) is 4.74 Å². The van der Waals surface area contributed by atoms with Crippen LogP contribution in [0.3, 0.4) is 0 Å². The predicted octanol–water partition coefficient (Wildman–Crippen LogP) is 2.77. The van der Waals surface area contributed by atoms with Crippen LogP contribution in [0, 0.1) is 0 Å². The Kier molecular flexibility index (Phi) is 4.00. The molecule has 0 amide bonds. The highest BCUT2D eigenvalue weighted by molar-refractivity contribution is 5.52. The molecule has 0 bridgehead atoms. The van der Waals surface area contributed by atoms with E-state index in [0.717, 1.165) is 32.7 Å². The minimum absolute atomic E-state index is 0.853. The zero-order valence-corrected chi connectivity index (χ0v) is 9.86. The molecule has 16 heavy (non-hydrogen) atoms. The molecule has 2 nitrogen and oxygen atoms in total. The second-order valence-corrected chi connectivity index (χ2v) is 4.00. The minimum atomic E-state index is 0.853. The van der Waals surface area contributed by atoms with Crippen molar-refractivity contribution in [1.82, 2.24) is 4.90 Å². The summed E-state index contributed by atoms with van der Waals surface area (Å²) in [6.07, 6.45) is 3.36. The molecule has 0 aliphatic carbocycles. The molecule has 2 heteroatoms. The number of nitrogens with zero attached hydrogens (tertiary/aromatic N) is 1. The van der Waals surface area contributed by atoms with E-state index in [-0.39, 0.29) is 0 Å². The zero-order valence-electron chi connectivity index (χ0n) is 9.86. The Bertz CT molecular complexity index is 339. The maximum atomic E-state index is 5.38. The summed E-state index contributed by atoms with van der Waals surface area (Å²) in [6, 6.07) is 10.5. The first-order valence-electron chi connectivity index (χ1n) is 5.98. The van der Waals surface area contributed by atoms with Crippen LogP contribution in [-0.4, -0.2) is 31.2 Å². The Morgan fingerprint density at radius 2 is 1.94 bits per heavy atom. The van der Waals surface area contributed by atoms with E-state index in [1.54, 1.807) is 0 Å². The number of ether oxygens (including phenoxy) is 1. The first kappa shape index (κ1) is 11.2. The van der Waals surface area contributed by atoms with Crippen molar-refractivity contribution in [2.75, 3.05) is 26.3 Å².